The first-order valence-corrected chi connectivity index (χ1v) is 20.9. The number of esters is 2. The van der Waals surface area contributed by atoms with Crippen molar-refractivity contribution in [2.45, 2.75) is 96.6 Å². The summed E-state index contributed by atoms with van der Waals surface area (Å²) >= 11 is 10.3. The number of likely N-dealkylation sites (tertiary alicyclic amines) is 1. The highest BCUT2D eigenvalue weighted by Crippen LogP contribution is 2.39. The molecular weight excluding hydrogens is 823 g/mol. The number of anilines is 1. The SMILES string of the molecule is CC(C)(C)OC(=O)CN(c1cc(CN2CCC[C@H]2C(=O)O[C@@H](Cc2c(Cl)c[n+]([O-])cc2Cl)c2ccc(OC(F)F)c(OCC3CC3)c2)ccc1OCC1CC1)S(=O)O. The summed E-state index contributed by atoms with van der Waals surface area (Å²) in [6.07, 6.45) is 6.20. The predicted molar refractivity (Wildman–Crippen MR) is 211 cm³/mol. The second-order valence-electron chi connectivity index (χ2n) is 15.8. The maximum atomic E-state index is 14.2. The summed E-state index contributed by atoms with van der Waals surface area (Å²) in [7, 11) is 0. The zero-order valence-electron chi connectivity index (χ0n) is 32.4. The van der Waals surface area contributed by atoms with Crippen LogP contribution in [-0.2, 0) is 43.3 Å². The van der Waals surface area contributed by atoms with Gasteiger partial charge in [0.25, 0.3) is 11.3 Å². The van der Waals surface area contributed by atoms with Crippen LogP contribution in [0.1, 0.15) is 82.1 Å². The molecule has 18 heteroatoms. The molecule has 2 aromatic carbocycles. The highest BCUT2D eigenvalue weighted by Gasteiger charge is 2.35. The highest BCUT2D eigenvalue weighted by atomic mass is 35.5. The van der Waals surface area contributed by atoms with Gasteiger partial charge in [-0.15, -0.1) is 0 Å². The summed E-state index contributed by atoms with van der Waals surface area (Å²) in [6, 6.07) is 8.74. The van der Waals surface area contributed by atoms with Crippen molar-refractivity contribution in [3.05, 3.63) is 80.7 Å². The Kier molecular flexibility index (Phi) is 14.3. The minimum Gasteiger partial charge on any atom is -0.619 e. The molecule has 1 saturated heterocycles. The molecule has 0 spiro atoms. The normalized spacial score (nSPS) is 18.1. The molecule has 3 atom stereocenters. The monoisotopic (exact) mass is 869 g/mol. The Morgan fingerprint density at radius 3 is 2.22 bits per heavy atom. The quantitative estimate of drug-likeness (QED) is 0.0550. The van der Waals surface area contributed by atoms with Crippen LogP contribution in [0.5, 0.6) is 17.2 Å². The summed E-state index contributed by atoms with van der Waals surface area (Å²) in [6.45, 7) is 2.96. The molecule has 3 aromatic rings. The number of ether oxygens (including phenoxy) is 5. The number of carbonyl (C=O) groups is 2. The first-order valence-electron chi connectivity index (χ1n) is 19.1. The van der Waals surface area contributed by atoms with E-state index in [0.717, 1.165) is 42.4 Å². The first-order chi connectivity index (χ1) is 27.5. The van der Waals surface area contributed by atoms with Gasteiger partial charge in [-0.3, -0.25) is 23.3 Å². The summed E-state index contributed by atoms with van der Waals surface area (Å²) in [5.74, 6) is -0.387. The van der Waals surface area contributed by atoms with Crippen LogP contribution in [-0.4, -0.2) is 70.2 Å². The fourth-order valence-electron chi connectivity index (χ4n) is 6.58. The van der Waals surface area contributed by atoms with E-state index in [1.54, 1.807) is 39.0 Å². The van der Waals surface area contributed by atoms with Crippen LogP contribution in [0.25, 0.3) is 0 Å². The molecule has 58 heavy (non-hydrogen) atoms. The first kappa shape index (κ1) is 43.6. The van der Waals surface area contributed by atoms with E-state index in [2.05, 4.69) is 0 Å². The average Bonchev–Trinajstić information content (AvgIpc) is 4.08. The third kappa shape index (κ3) is 12.3. The van der Waals surface area contributed by atoms with Crippen molar-refractivity contribution >= 4 is 52.1 Å². The number of carbonyl (C=O) groups excluding carboxylic acids is 2. The Morgan fingerprint density at radius 1 is 0.983 bits per heavy atom. The van der Waals surface area contributed by atoms with E-state index in [9.17, 15) is 32.3 Å². The number of hydrogen-bond acceptors (Lipinski definition) is 10. The lowest BCUT2D eigenvalue weighted by Crippen LogP contribution is -2.38. The molecule has 1 aromatic heterocycles. The van der Waals surface area contributed by atoms with Crippen molar-refractivity contribution < 1.29 is 55.5 Å². The predicted octanol–water partition coefficient (Wildman–Crippen LogP) is 7.58. The Hall–Kier alpha value is -3.96. The van der Waals surface area contributed by atoms with E-state index < -0.39 is 54.1 Å². The molecule has 2 saturated carbocycles. The Balaban J connectivity index is 1.26. The van der Waals surface area contributed by atoms with Gasteiger partial charge in [-0.05, 0) is 113 Å². The van der Waals surface area contributed by atoms with Gasteiger partial charge in [0.2, 0.25) is 0 Å². The number of nitrogens with zero attached hydrogens (tertiary/aromatic N) is 3. The van der Waals surface area contributed by atoms with Crippen LogP contribution in [0, 0.1) is 17.0 Å². The van der Waals surface area contributed by atoms with Crippen LogP contribution in [0.2, 0.25) is 10.0 Å². The molecule has 3 fully saturated rings. The van der Waals surface area contributed by atoms with E-state index in [1.807, 2.05) is 4.90 Å². The van der Waals surface area contributed by atoms with E-state index >= 15 is 0 Å². The fourth-order valence-corrected chi connectivity index (χ4v) is 7.71. The van der Waals surface area contributed by atoms with Gasteiger partial charge < -0.3 is 28.9 Å². The third-order valence-corrected chi connectivity index (χ3v) is 11.2. The number of halogens is 4. The van der Waals surface area contributed by atoms with Crippen LogP contribution in [0.3, 0.4) is 0 Å². The van der Waals surface area contributed by atoms with Crippen molar-refractivity contribution in [3.8, 4) is 17.2 Å². The number of benzene rings is 2. The second kappa shape index (κ2) is 19.0. The third-order valence-electron chi connectivity index (χ3n) is 9.80. The largest absolute Gasteiger partial charge is 0.619 e. The molecule has 1 unspecified atom stereocenters. The standard InChI is InChI=1S/C40H47Cl2F2N3O10S/c1-40(2,3)57-37(48)21-47(58(51)52)32-15-26(10-12-33(32)53-22-24-6-7-24)18-45-14-4-5-31(45)38(49)55-35(17-28-29(41)19-46(50)20-30(28)42)27-11-13-34(56-39(43)44)36(16-27)54-23-25-8-9-25/h10-13,15-16,19-20,24-25,31,35,39H,4-9,14,17-18,21-23H2,1-3H3,(H,51,52)/t31-,35-/m0/s1. The number of hydrogen-bond donors (Lipinski definition) is 1. The minimum atomic E-state index is -3.10. The molecule has 1 aliphatic heterocycles. The van der Waals surface area contributed by atoms with Gasteiger partial charge in [0.15, 0.2) is 23.9 Å². The molecule has 0 amide bonds. The Bertz CT molecular complexity index is 1960. The van der Waals surface area contributed by atoms with Gasteiger partial charge in [0.1, 0.15) is 40.1 Å². The summed E-state index contributed by atoms with van der Waals surface area (Å²) in [5, 5.41) is 12.1. The van der Waals surface area contributed by atoms with Crippen LogP contribution in [0.4, 0.5) is 14.5 Å². The molecule has 3 aliphatic rings. The highest BCUT2D eigenvalue weighted by molar-refractivity contribution is 7.80. The summed E-state index contributed by atoms with van der Waals surface area (Å²) in [5.41, 5.74) is 0.801. The van der Waals surface area contributed by atoms with Crippen molar-refractivity contribution in [2.24, 2.45) is 11.8 Å². The van der Waals surface area contributed by atoms with Gasteiger partial charge in [-0.1, -0.05) is 35.3 Å². The Morgan fingerprint density at radius 2 is 1.62 bits per heavy atom. The fraction of sp³-hybridized carbons (Fsp3) is 0.525. The van der Waals surface area contributed by atoms with Crippen molar-refractivity contribution in [1.82, 2.24) is 4.90 Å². The summed E-state index contributed by atoms with van der Waals surface area (Å²) in [4.78, 5) is 28.9. The lowest BCUT2D eigenvalue weighted by molar-refractivity contribution is -0.605. The van der Waals surface area contributed by atoms with Crippen molar-refractivity contribution in [3.63, 3.8) is 0 Å². The number of alkyl halides is 2. The molecular formula is C40H47Cl2F2N3O10S. The van der Waals surface area contributed by atoms with E-state index in [-0.39, 0.29) is 40.2 Å². The van der Waals surface area contributed by atoms with Gasteiger partial charge >= 0.3 is 18.6 Å². The van der Waals surface area contributed by atoms with E-state index in [1.165, 1.54) is 18.2 Å². The number of aromatic nitrogens is 1. The maximum absolute atomic E-state index is 14.2. The van der Waals surface area contributed by atoms with Gasteiger partial charge in [0.05, 0.1) is 18.9 Å². The molecule has 0 bridgehead atoms. The molecule has 316 valence electrons. The van der Waals surface area contributed by atoms with Gasteiger partial charge in [0, 0.05) is 18.5 Å². The van der Waals surface area contributed by atoms with E-state index in [0.29, 0.717) is 71.6 Å². The lowest BCUT2D eigenvalue weighted by atomic mass is 10.0. The molecule has 2 aliphatic carbocycles. The van der Waals surface area contributed by atoms with E-state index in [4.69, 9.17) is 46.9 Å². The van der Waals surface area contributed by atoms with Crippen molar-refractivity contribution in [2.75, 3.05) is 30.6 Å². The molecule has 1 N–H and O–H groups in total. The van der Waals surface area contributed by atoms with Gasteiger partial charge in [-0.25, -0.2) is 4.21 Å². The lowest BCUT2D eigenvalue weighted by Gasteiger charge is -2.28. The number of pyridine rings is 1. The second-order valence-corrected chi connectivity index (χ2v) is 17.5. The zero-order chi connectivity index (χ0) is 41.7. The van der Waals surface area contributed by atoms with Crippen molar-refractivity contribution in [1.29, 1.82) is 0 Å². The maximum Gasteiger partial charge on any atom is 0.387 e. The zero-order valence-corrected chi connectivity index (χ0v) is 34.7. The van der Waals surface area contributed by atoms with Crippen LogP contribution < -0.4 is 23.2 Å². The topological polar surface area (TPSA) is 151 Å². The number of rotatable bonds is 19. The average molecular weight is 871 g/mol. The molecule has 2 heterocycles. The summed E-state index contributed by atoms with van der Waals surface area (Å²) < 4.78 is 79.5. The van der Waals surface area contributed by atoms with Crippen LogP contribution in [0.15, 0.2) is 48.8 Å². The molecule has 6 rings (SSSR count). The van der Waals surface area contributed by atoms with Crippen LogP contribution >= 0.6 is 23.2 Å². The van der Waals surface area contributed by atoms with Gasteiger partial charge in [-0.2, -0.15) is 13.5 Å². The minimum absolute atomic E-state index is 0.0405. The molecule has 13 nitrogen and oxygen atoms in total. The Labute approximate surface area is 348 Å². The molecule has 0 radical (unpaired) electrons. The smallest absolute Gasteiger partial charge is 0.387 e.